The van der Waals surface area contributed by atoms with Crippen LogP contribution in [0.2, 0.25) is 0 Å². The molecule has 0 amide bonds. The normalized spacial score (nSPS) is 12.6. The number of benzene rings is 2. The summed E-state index contributed by atoms with van der Waals surface area (Å²) in [7, 11) is 0. The van der Waals surface area contributed by atoms with Gasteiger partial charge in [-0.3, -0.25) is 28.3 Å². The predicted octanol–water partition coefficient (Wildman–Crippen LogP) is 4.16. The molecule has 2 aromatic carbocycles. The molecule has 0 bridgehead atoms. The second-order valence-corrected chi connectivity index (χ2v) is 11.3. The Labute approximate surface area is 202 Å². The molecule has 0 saturated carbocycles. The minimum atomic E-state index is -0.895. The van der Waals surface area contributed by atoms with Gasteiger partial charge in [-0.05, 0) is 38.8 Å². The number of aromatic nitrogens is 2. The lowest BCUT2D eigenvalue weighted by Gasteiger charge is -2.25. The Bertz CT molecular complexity index is 1570. The van der Waals surface area contributed by atoms with Crippen molar-refractivity contribution in [2.75, 3.05) is 0 Å². The van der Waals surface area contributed by atoms with Gasteiger partial charge in [0.1, 0.15) is 18.8 Å². The molecular weight excluding hydrogens is 468 g/mol. The smallest absolute Gasteiger partial charge is 0.268 e. The molecule has 34 heavy (non-hydrogen) atoms. The number of rotatable bonds is 4. The fourth-order valence-corrected chi connectivity index (χ4v) is 6.85. The van der Waals surface area contributed by atoms with Crippen molar-refractivity contribution in [3.05, 3.63) is 113 Å². The van der Waals surface area contributed by atoms with Crippen LogP contribution >= 0.6 is 22.7 Å². The fraction of sp³-hybridized carbons (Fsp3) is 0.231. The topological polar surface area (TPSA) is 78.1 Å². The molecule has 0 saturated heterocycles. The number of hydrogen-bond acceptors (Lipinski definition) is 6. The van der Waals surface area contributed by atoms with Crippen LogP contribution in [0.4, 0.5) is 0 Å². The van der Waals surface area contributed by atoms with Gasteiger partial charge in [0.05, 0.1) is 11.1 Å². The van der Waals surface area contributed by atoms with E-state index < -0.39 is 33.3 Å². The van der Waals surface area contributed by atoms with Crippen LogP contribution < -0.4 is 22.2 Å². The summed E-state index contributed by atoms with van der Waals surface area (Å²) >= 11 is 1.88. The van der Waals surface area contributed by atoms with E-state index in [1.807, 2.05) is 88.4 Å². The first-order valence-corrected chi connectivity index (χ1v) is 12.4. The van der Waals surface area contributed by atoms with E-state index in [2.05, 4.69) is 0 Å². The van der Waals surface area contributed by atoms with E-state index >= 15 is 0 Å². The maximum Gasteiger partial charge on any atom is 0.273 e. The van der Waals surface area contributed by atoms with Crippen molar-refractivity contribution in [1.82, 2.24) is 9.13 Å². The average Bonchev–Trinajstić information content (AvgIpc) is 3.23. The van der Waals surface area contributed by atoms with Crippen LogP contribution in [0, 0.1) is 0 Å². The van der Waals surface area contributed by atoms with Gasteiger partial charge in [-0.15, -0.1) is 22.7 Å². The molecule has 8 heteroatoms. The predicted molar refractivity (Wildman–Crippen MR) is 139 cm³/mol. The molecule has 0 unspecified atom stereocenters. The van der Waals surface area contributed by atoms with E-state index in [0.29, 0.717) is 0 Å². The Balaban J connectivity index is 1.80. The molecule has 6 nitrogen and oxygen atoms in total. The van der Waals surface area contributed by atoms with Crippen molar-refractivity contribution >= 4 is 41.5 Å². The molecule has 172 valence electrons. The Morgan fingerprint density at radius 2 is 0.765 bits per heavy atom. The molecule has 0 aliphatic heterocycles. The van der Waals surface area contributed by atoms with Gasteiger partial charge in [0.2, 0.25) is 0 Å². The Hall–Kier alpha value is -3.36. The highest BCUT2D eigenvalue weighted by Crippen LogP contribution is 2.31. The lowest BCUT2D eigenvalue weighted by molar-refractivity contribution is 0.418. The molecular formula is C26H22N2O4S2. The first-order chi connectivity index (χ1) is 16.1. The number of hydrogen-bond donors (Lipinski definition) is 0. The molecule has 0 spiro atoms. The molecule has 5 rings (SSSR count). The maximum absolute atomic E-state index is 13.4. The second-order valence-electron chi connectivity index (χ2n) is 9.26. The van der Waals surface area contributed by atoms with E-state index in [9.17, 15) is 19.2 Å². The lowest BCUT2D eigenvalue weighted by atomic mass is 9.94. The van der Waals surface area contributed by atoms with E-state index in [4.69, 9.17) is 0 Å². The van der Waals surface area contributed by atoms with Gasteiger partial charge >= 0.3 is 0 Å². The van der Waals surface area contributed by atoms with Crippen molar-refractivity contribution in [2.24, 2.45) is 0 Å². The summed E-state index contributed by atoms with van der Waals surface area (Å²) in [6.45, 7) is 7.25. The molecule has 3 heterocycles. The van der Waals surface area contributed by atoms with Crippen LogP contribution in [-0.2, 0) is 11.1 Å². The van der Waals surface area contributed by atoms with Crippen LogP contribution in [0.15, 0.2) is 79.8 Å². The molecule has 0 aliphatic rings. The fourth-order valence-electron chi connectivity index (χ4n) is 4.51. The third kappa shape index (κ3) is 3.05. The standard InChI is InChI=1S/C26H22N2O4S2/c1-25(2,15-11-7-5-8-12-15)27-21(29)17-18(22(27)30)34-20-19(33-17)23(31)28(24(20)32)26(3,4)16-13-9-6-10-14-16/h5-14H,1-4H3. The molecule has 0 radical (unpaired) electrons. The summed E-state index contributed by atoms with van der Waals surface area (Å²) in [5, 5.41) is 0. The third-order valence-electron chi connectivity index (χ3n) is 6.49. The van der Waals surface area contributed by atoms with Gasteiger partial charge in [0.15, 0.2) is 0 Å². The van der Waals surface area contributed by atoms with Crippen molar-refractivity contribution in [3.8, 4) is 0 Å². The van der Waals surface area contributed by atoms with Gasteiger partial charge in [-0.2, -0.15) is 0 Å². The Kier molecular flexibility index (Phi) is 5.00. The molecule has 3 aromatic heterocycles. The summed E-state index contributed by atoms with van der Waals surface area (Å²) in [5.41, 5.74) is -1.94. The number of fused-ring (bicyclic) bond motifs is 2. The first-order valence-electron chi connectivity index (χ1n) is 10.8. The summed E-state index contributed by atoms with van der Waals surface area (Å²) in [4.78, 5) is 53.7. The van der Waals surface area contributed by atoms with Crippen LogP contribution in [0.25, 0.3) is 18.8 Å². The van der Waals surface area contributed by atoms with Crippen LogP contribution in [-0.4, -0.2) is 9.13 Å². The third-order valence-corrected chi connectivity index (χ3v) is 9.08. The number of nitrogens with zero attached hydrogens (tertiary/aromatic N) is 2. The highest BCUT2D eigenvalue weighted by atomic mass is 32.1. The summed E-state index contributed by atoms with van der Waals surface area (Å²) in [6.07, 6.45) is 0. The van der Waals surface area contributed by atoms with Gasteiger partial charge in [-0.1, -0.05) is 60.7 Å². The lowest BCUT2D eigenvalue weighted by Crippen LogP contribution is -2.42. The van der Waals surface area contributed by atoms with E-state index in [-0.39, 0.29) is 18.8 Å². The maximum atomic E-state index is 13.4. The van der Waals surface area contributed by atoms with Crippen molar-refractivity contribution in [3.63, 3.8) is 0 Å². The molecule has 0 atom stereocenters. The summed E-state index contributed by atoms with van der Waals surface area (Å²) in [5.74, 6) is 0. The van der Waals surface area contributed by atoms with Crippen LogP contribution in [0.5, 0.6) is 0 Å². The van der Waals surface area contributed by atoms with Crippen molar-refractivity contribution in [1.29, 1.82) is 0 Å². The van der Waals surface area contributed by atoms with Crippen LogP contribution in [0.1, 0.15) is 38.8 Å². The average molecular weight is 491 g/mol. The van der Waals surface area contributed by atoms with Crippen LogP contribution in [0.3, 0.4) is 0 Å². The van der Waals surface area contributed by atoms with E-state index in [1.54, 1.807) is 0 Å². The second kappa shape index (κ2) is 7.58. The highest BCUT2D eigenvalue weighted by molar-refractivity contribution is 7.36. The van der Waals surface area contributed by atoms with Crippen molar-refractivity contribution in [2.45, 2.75) is 38.8 Å². The zero-order valence-corrected chi connectivity index (χ0v) is 20.8. The van der Waals surface area contributed by atoms with Gasteiger partial charge in [0.25, 0.3) is 22.2 Å². The molecule has 0 fully saturated rings. The SMILES string of the molecule is CC(C)(c1ccccc1)n1c(=O)c2sc3c(=O)n(C(C)(C)c4ccccc4)c(=O)c3sc2c1=O. The van der Waals surface area contributed by atoms with Gasteiger partial charge < -0.3 is 0 Å². The highest BCUT2D eigenvalue weighted by Gasteiger charge is 2.33. The zero-order valence-electron chi connectivity index (χ0n) is 19.1. The summed E-state index contributed by atoms with van der Waals surface area (Å²) < 4.78 is 3.29. The Morgan fingerprint density at radius 3 is 1.03 bits per heavy atom. The molecule has 0 N–H and O–H groups in total. The quantitative estimate of drug-likeness (QED) is 0.379. The van der Waals surface area contributed by atoms with Crippen molar-refractivity contribution < 1.29 is 0 Å². The van der Waals surface area contributed by atoms with E-state index in [1.165, 1.54) is 9.13 Å². The Morgan fingerprint density at radius 1 is 0.500 bits per heavy atom. The van der Waals surface area contributed by atoms with Gasteiger partial charge in [0, 0.05) is 0 Å². The molecule has 5 aromatic rings. The zero-order chi connectivity index (χ0) is 24.4. The van der Waals surface area contributed by atoms with E-state index in [0.717, 1.165) is 33.8 Å². The largest absolute Gasteiger partial charge is 0.273 e. The first kappa shape index (κ1) is 22.4. The molecule has 0 aliphatic carbocycles. The minimum absolute atomic E-state index is 0.207. The minimum Gasteiger partial charge on any atom is -0.268 e. The monoisotopic (exact) mass is 490 g/mol. The summed E-state index contributed by atoms with van der Waals surface area (Å²) in [6, 6.07) is 18.6. The van der Waals surface area contributed by atoms with Gasteiger partial charge in [-0.25, -0.2) is 0 Å².